The minimum absolute atomic E-state index is 0.165. The quantitative estimate of drug-likeness (QED) is 0.612. The number of hydrogen-bond donors (Lipinski definition) is 3. The largest absolute Gasteiger partial charge is 0.353 e. The zero-order valence-electron chi connectivity index (χ0n) is 12.9. The summed E-state index contributed by atoms with van der Waals surface area (Å²) in [5, 5.41) is 5.11. The van der Waals surface area contributed by atoms with Crippen molar-refractivity contribution < 1.29 is 14.0 Å². The number of alkyl halides is 1. The van der Waals surface area contributed by atoms with Crippen molar-refractivity contribution in [2.45, 2.75) is 38.8 Å². The zero-order chi connectivity index (χ0) is 16.4. The minimum Gasteiger partial charge on any atom is -0.353 e. The lowest BCUT2D eigenvalue weighted by Crippen LogP contribution is -2.28. The number of carbonyl (C=O) groups excluding carboxylic acids is 2. The summed E-state index contributed by atoms with van der Waals surface area (Å²) in [6.45, 7) is 2.44. The van der Waals surface area contributed by atoms with Gasteiger partial charge in [0.05, 0.1) is 0 Å². The number of carbonyl (C=O) groups is 2. The molecule has 1 rings (SSSR count). The van der Waals surface area contributed by atoms with Gasteiger partial charge < -0.3 is 16.4 Å². The van der Waals surface area contributed by atoms with Gasteiger partial charge in [0.15, 0.2) is 0 Å². The van der Waals surface area contributed by atoms with E-state index in [1.54, 1.807) is 18.2 Å². The number of amides is 2. The molecule has 122 valence electrons. The third-order valence-corrected chi connectivity index (χ3v) is 3.20. The maximum atomic E-state index is 14.3. The molecule has 6 heteroatoms. The van der Waals surface area contributed by atoms with Crippen molar-refractivity contribution in [3.05, 3.63) is 29.8 Å². The third kappa shape index (κ3) is 6.22. The van der Waals surface area contributed by atoms with Gasteiger partial charge in [0.2, 0.25) is 12.1 Å². The Morgan fingerprint density at radius 3 is 2.55 bits per heavy atom. The van der Waals surface area contributed by atoms with Gasteiger partial charge in [0.1, 0.15) is 0 Å². The molecule has 1 atom stereocenters. The highest BCUT2D eigenvalue weighted by atomic mass is 19.1. The van der Waals surface area contributed by atoms with E-state index in [1.165, 1.54) is 13.0 Å². The molecule has 5 nitrogen and oxygen atoms in total. The van der Waals surface area contributed by atoms with Gasteiger partial charge >= 0.3 is 0 Å². The number of hydrogen-bond acceptors (Lipinski definition) is 3. The fourth-order valence-electron chi connectivity index (χ4n) is 2.09. The van der Waals surface area contributed by atoms with Crippen LogP contribution in [0.15, 0.2) is 24.3 Å². The average Bonchev–Trinajstić information content (AvgIpc) is 2.50. The second kappa shape index (κ2) is 9.89. The fourth-order valence-corrected chi connectivity index (χ4v) is 2.09. The van der Waals surface area contributed by atoms with Crippen molar-refractivity contribution in [3.8, 4) is 0 Å². The molecular weight excluding hydrogens is 285 g/mol. The summed E-state index contributed by atoms with van der Waals surface area (Å²) < 4.78 is 14.3. The number of rotatable bonds is 9. The first-order valence-electron chi connectivity index (χ1n) is 7.54. The SMILES string of the molecule is CC(=O)Nc1ccccc1C(F)C(=O)NCCCCCCN. The molecule has 2 amide bonds. The Bertz CT molecular complexity index is 494. The molecular formula is C16H24FN3O2. The van der Waals surface area contributed by atoms with Gasteiger partial charge in [0.25, 0.3) is 5.91 Å². The lowest BCUT2D eigenvalue weighted by atomic mass is 10.1. The molecule has 1 unspecified atom stereocenters. The first-order chi connectivity index (χ1) is 10.6. The average molecular weight is 309 g/mol. The van der Waals surface area contributed by atoms with Crippen LogP contribution in [0.1, 0.15) is 44.3 Å². The van der Waals surface area contributed by atoms with Crippen LogP contribution in [0.25, 0.3) is 0 Å². The van der Waals surface area contributed by atoms with Crippen LogP contribution in [0.3, 0.4) is 0 Å². The molecule has 1 aromatic rings. The molecule has 0 saturated heterocycles. The predicted molar refractivity (Wildman–Crippen MR) is 85.1 cm³/mol. The summed E-state index contributed by atoms with van der Waals surface area (Å²) in [4.78, 5) is 23.0. The Balaban J connectivity index is 2.51. The van der Waals surface area contributed by atoms with Crippen LogP contribution in [0, 0.1) is 0 Å². The number of nitrogens with one attached hydrogen (secondary N) is 2. The number of benzene rings is 1. The van der Waals surface area contributed by atoms with E-state index in [0.717, 1.165) is 25.7 Å². The molecule has 0 spiro atoms. The number of unbranched alkanes of at least 4 members (excludes halogenated alkanes) is 3. The van der Waals surface area contributed by atoms with Gasteiger partial charge in [-0.05, 0) is 25.5 Å². The van der Waals surface area contributed by atoms with E-state index in [4.69, 9.17) is 5.73 Å². The van der Waals surface area contributed by atoms with Crippen LogP contribution in [0.5, 0.6) is 0 Å². The number of halogens is 1. The van der Waals surface area contributed by atoms with Crippen molar-refractivity contribution >= 4 is 17.5 Å². The summed E-state index contributed by atoms with van der Waals surface area (Å²) in [7, 11) is 0. The highest BCUT2D eigenvalue weighted by Gasteiger charge is 2.22. The molecule has 0 heterocycles. The van der Waals surface area contributed by atoms with E-state index in [0.29, 0.717) is 18.8 Å². The zero-order valence-corrected chi connectivity index (χ0v) is 12.9. The number of para-hydroxylation sites is 1. The monoisotopic (exact) mass is 309 g/mol. The third-order valence-electron chi connectivity index (χ3n) is 3.20. The van der Waals surface area contributed by atoms with E-state index in [9.17, 15) is 14.0 Å². The lowest BCUT2D eigenvalue weighted by molar-refractivity contribution is -0.126. The minimum atomic E-state index is -1.80. The maximum Gasteiger partial charge on any atom is 0.259 e. The summed E-state index contributed by atoms with van der Waals surface area (Å²) in [6, 6.07) is 6.38. The topological polar surface area (TPSA) is 84.2 Å². The van der Waals surface area contributed by atoms with Gasteiger partial charge in [-0.3, -0.25) is 9.59 Å². The van der Waals surface area contributed by atoms with Gasteiger partial charge in [-0.2, -0.15) is 0 Å². The van der Waals surface area contributed by atoms with Gasteiger partial charge in [-0.15, -0.1) is 0 Å². The van der Waals surface area contributed by atoms with Crippen molar-refractivity contribution in [3.63, 3.8) is 0 Å². The number of nitrogens with two attached hydrogens (primary N) is 1. The van der Waals surface area contributed by atoms with Crippen LogP contribution in [0.4, 0.5) is 10.1 Å². The normalized spacial score (nSPS) is 11.8. The molecule has 0 aromatic heterocycles. The second-order valence-electron chi connectivity index (χ2n) is 5.12. The first-order valence-corrected chi connectivity index (χ1v) is 7.54. The Kier molecular flexibility index (Phi) is 8.14. The van der Waals surface area contributed by atoms with Crippen LogP contribution in [-0.4, -0.2) is 24.9 Å². The van der Waals surface area contributed by atoms with E-state index < -0.39 is 12.1 Å². The van der Waals surface area contributed by atoms with E-state index in [2.05, 4.69) is 10.6 Å². The van der Waals surface area contributed by atoms with Gasteiger partial charge in [-0.25, -0.2) is 4.39 Å². The Labute approximate surface area is 130 Å². The predicted octanol–water partition coefficient (Wildman–Crippen LogP) is 2.29. The Morgan fingerprint density at radius 1 is 1.18 bits per heavy atom. The molecule has 0 saturated carbocycles. The first kappa shape index (κ1) is 18.1. The van der Waals surface area contributed by atoms with E-state index >= 15 is 0 Å². The molecule has 0 fully saturated rings. The Morgan fingerprint density at radius 2 is 1.86 bits per heavy atom. The Hall–Kier alpha value is -1.95. The number of anilines is 1. The maximum absolute atomic E-state index is 14.3. The highest BCUT2D eigenvalue weighted by Crippen LogP contribution is 2.25. The standard InChI is InChI=1S/C16H24FN3O2/c1-12(21)20-14-9-5-4-8-13(14)15(17)16(22)19-11-7-3-2-6-10-18/h4-5,8-9,15H,2-3,6-7,10-11,18H2,1H3,(H,19,22)(H,20,21). The van der Waals surface area contributed by atoms with Gasteiger partial charge in [-0.1, -0.05) is 31.0 Å². The van der Waals surface area contributed by atoms with E-state index in [-0.39, 0.29) is 11.5 Å². The van der Waals surface area contributed by atoms with Crippen LogP contribution in [0.2, 0.25) is 0 Å². The van der Waals surface area contributed by atoms with Crippen LogP contribution < -0.4 is 16.4 Å². The molecule has 0 aliphatic carbocycles. The fraction of sp³-hybridized carbons (Fsp3) is 0.500. The van der Waals surface area contributed by atoms with Crippen molar-refractivity contribution in [1.82, 2.24) is 5.32 Å². The lowest BCUT2D eigenvalue weighted by Gasteiger charge is -2.14. The second-order valence-corrected chi connectivity index (χ2v) is 5.12. The molecule has 0 aliphatic heterocycles. The van der Waals surface area contributed by atoms with Crippen LogP contribution in [-0.2, 0) is 9.59 Å². The molecule has 0 radical (unpaired) electrons. The summed E-state index contributed by atoms with van der Waals surface area (Å²) >= 11 is 0. The van der Waals surface area contributed by atoms with Crippen molar-refractivity contribution in [1.29, 1.82) is 0 Å². The summed E-state index contributed by atoms with van der Waals surface area (Å²) in [5.74, 6) is -0.989. The molecule has 4 N–H and O–H groups in total. The summed E-state index contributed by atoms with van der Waals surface area (Å²) in [6.07, 6.45) is 1.93. The molecule has 22 heavy (non-hydrogen) atoms. The van der Waals surface area contributed by atoms with Crippen LogP contribution >= 0.6 is 0 Å². The highest BCUT2D eigenvalue weighted by molar-refractivity contribution is 5.91. The van der Waals surface area contributed by atoms with Gasteiger partial charge in [0, 0.05) is 24.7 Å². The molecule has 0 bridgehead atoms. The van der Waals surface area contributed by atoms with E-state index in [1.807, 2.05) is 0 Å². The van der Waals surface area contributed by atoms with Crippen molar-refractivity contribution in [2.24, 2.45) is 5.73 Å². The molecule has 0 aliphatic rings. The smallest absolute Gasteiger partial charge is 0.259 e. The van der Waals surface area contributed by atoms with Crippen molar-refractivity contribution in [2.75, 3.05) is 18.4 Å². The summed E-state index contributed by atoms with van der Waals surface area (Å²) in [5.41, 5.74) is 5.88. The molecule has 1 aromatic carbocycles.